The maximum atomic E-state index is 12.1. The minimum atomic E-state index is -0.239. The molecule has 0 fully saturated rings. The lowest BCUT2D eigenvalue weighted by atomic mass is 9.98. The van der Waals surface area contributed by atoms with E-state index in [0.29, 0.717) is 11.5 Å². The highest BCUT2D eigenvalue weighted by Crippen LogP contribution is 2.29. The van der Waals surface area contributed by atoms with Crippen LogP contribution < -0.4 is 5.48 Å². The van der Waals surface area contributed by atoms with Gasteiger partial charge < -0.3 is 0 Å². The van der Waals surface area contributed by atoms with E-state index in [1.807, 2.05) is 37.3 Å². The number of hydrogen-bond acceptors (Lipinski definition) is 4. The van der Waals surface area contributed by atoms with Crippen molar-refractivity contribution in [2.45, 2.75) is 39.7 Å². The number of aryl methyl sites for hydroxylation is 1. The Balaban J connectivity index is 1.96. The maximum absolute atomic E-state index is 12.1. The van der Waals surface area contributed by atoms with Gasteiger partial charge in [0.15, 0.2) is 0 Å². The number of nitrogens with one attached hydrogen (secondary N) is 1. The number of carbonyl (C=O) groups excluding carboxylic acids is 1. The second-order valence-electron chi connectivity index (χ2n) is 5.89. The first-order chi connectivity index (χ1) is 9.88. The standard InChI is InChI=1S/C16H20N2O2S/c1-11-13(21-15(17-11)16(2,3)4)14(19)18-20-10-12-8-6-5-7-9-12/h5-9H,10H2,1-4H3,(H,18,19). The first kappa shape index (κ1) is 15.7. The van der Waals surface area contributed by atoms with Gasteiger partial charge in [-0.25, -0.2) is 10.5 Å². The van der Waals surface area contributed by atoms with Crippen LogP contribution in [0.2, 0.25) is 0 Å². The number of thiazole rings is 1. The normalized spacial score (nSPS) is 11.4. The number of benzene rings is 1. The van der Waals surface area contributed by atoms with E-state index in [4.69, 9.17) is 4.84 Å². The average molecular weight is 304 g/mol. The van der Waals surface area contributed by atoms with E-state index in [2.05, 4.69) is 31.2 Å². The van der Waals surface area contributed by atoms with Crippen molar-refractivity contribution in [1.29, 1.82) is 0 Å². The molecule has 0 aliphatic carbocycles. The third-order valence-electron chi connectivity index (χ3n) is 2.89. The molecule has 5 heteroatoms. The van der Waals surface area contributed by atoms with Crippen LogP contribution in [0.5, 0.6) is 0 Å². The van der Waals surface area contributed by atoms with Crippen molar-refractivity contribution in [3.63, 3.8) is 0 Å². The number of hydroxylamine groups is 1. The fraction of sp³-hybridized carbons (Fsp3) is 0.375. The van der Waals surface area contributed by atoms with Crippen molar-refractivity contribution in [1.82, 2.24) is 10.5 Å². The summed E-state index contributed by atoms with van der Waals surface area (Å²) in [4.78, 5) is 22.5. The van der Waals surface area contributed by atoms with Crippen LogP contribution in [-0.2, 0) is 16.9 Å². The summed E-state index contributed by atoms with van der Waals surface area (Å²) < 4.78 is 0. The van der Waals surface area contributed by atoms with Crippen molar-refractivity contribution in [3.8, 4) is 0 Å². The summed E-state index contributed by atoms with van der Waals surface area (Å²) in [5.41, 5.74) is 4.18. The highest BCUT2D eigenvalue weighted by Gasteiger charge is 2.23. The van der Waals surface area contributed by atoms with Gasteiger partial charge in [0.05, 0.1) is 17.3 Å². The molecule has 2 aromatic rings. The Labute approximate surface area is 129 Å². The van der Waals surface area contributed by atoms with E-state index in [0.717, 1.165) is 16.3 Å². The van der Waals surface area contributed by atoms with Crippen LogP contribution >= 0.6 is 11.3 Å². The number of amides is 1. The molecule has 4 nitrogen and oxygen atoms in total. The largest absolute Gasteiger partial charge is 0.286 e. The molecular weight excluding hydrogens is 284 g/mol. The Morgan fingerprint density at radius 3 is 2.52 bits per heavy atom. The van der Waals surface area contributed by atoms with Crippen molar-refractivity contribution in [2.75, 3.05) is 0 Å². The molecule has 0 saturated carbocycles. The van der Waals surface area contributed by atoms with Gasteiger partial charge in [0.25, 0.3) is 5.91 Å². The van der Waals surface area contributed by atoms with Crippen LogP contribution in [0.15, 0.2) is 30.3 Å². The van der Waals surface area contributed by atoms with Gasteiger partial charge in [-0.05, 0) is 12.5 Å². The highest BCUT2D eigenvalue weighted by atomic mass is 32.1. The smallest absolute Gasteiger partial charge is 0.269 e. The Morgan fingerprint density at radius 2 is 1.95 bits per heavy atom. The topological polar surface area (TPSA) is 51.2 Å². The Hall–Kier alpha value is -1.72. The molecule has 0 saturated heterocycles. The van der Waals surface area contributed by atoms with Gasteiger partial charge in [-0.1, -0.05) is 51.1 Å². The molecular formula is C16H20N2O2S. The number of nitrogens with zero attached hydrogens (tertiary/aromatic N) is 1. The second kappa shape index (κ2) is 6.37. The van der Waals surface area contributed by atoms with Gasteiger partial charge in [0.1, 0.15) is 4.88 Å². The quantitative estimate of drug-likeness (QED) is 0.878. The van der Waals surface area contributed by atoms with Crippen molar-refractivity contribution >= 4 is 17.2 Å². The molecule has 0 radical (unpaired) electrons. The molecule has 112 valence electrons. The summed E-state index contributed by atoms with van der Waals surface area (Å²) in [6, 6.07) is 9.70. The summed E-state index contributed by atoms with van der Waals surface area (Å²) in [6.45, 7) is 8.44. The predicted octanol–water partition coefficient (Wildman–Crippen LogP) is 3.61. The molecule has 1 aromatic carbocycles. The molecule has 0 bridgehead atoms. The van der Waals surface area contributed by atoms with Gasteiger partial charge in [-0.3, -0.25) is 9.63 Å². The zero-order chi connectivity index (χ0) is 15.5. The number of rotatable bonds is 4. The van der Waals surface area contributed by atoms with Gasteiger partial charge in [-0.2, -0.15) is 0 Å². The van der Waals surface area contributed by atoms with Crippen LogP contribution in [0.3, 0.4) is 0 Å². The fourth-order valence-corrected chi connectivity index (χ4v) is 2.74. The summed E-state index contributed by atoms with van der Waals surface area (Å²) in [6.07, 6.45) is 0. The van der Waals surface area contributed by atoms with Crippen LogP contribution in [0.4, 0.5) is 0 Å². The summed E-state index contributed by atoms with van der Waals surface area (Å²) >= 11 is 1.42. The van der Waals surface area contributed by atoms with Gasteiger partial charge in [0.2, 0.25) is 0 Å². The summed E-state index contributed by atoms with van der Waals surface area (Å²) in [7, 11) is 0. The Bertz CT molecular complexity index is 615. The lowest BCUT2D eigenvalue weighted by Crippen LogP contribution is -2.23. The average Bonchev–Trinajstić information content (AvgIpc) is 2.82. The van der Waals surface area contributed by atoms with Crippen LogP contribution in [0.1, 0.15) is 46.7 Å². The highest BCUT2D eigenvalue weighted by molar-refractivity contribution is 7.14. The lowest BCUT2D eigenvalue weighted by molar-refractivity contribution is 0.0236. The first-order valence-electron chi connectivity index (χ1n) is 6.82. The van der Waals surface area contributed by atoms with Gasteiger partial charge in [0, 0.05) is 5.41 Å². The van der Waals surface area contributed by atoms with E-state index in [9.17, 15) is 4.79 Å². The van der Waals surface area contributed by atoms with Gasteiger partial charge >= 0.3 is 0 Å². The van der Waals surface area contributed by atoms with Crippen LogP contribution in [0.25, 0.3) is 0 Å². The molecule has 0 unspecified atom stereocenters. The summed E-state index contributed by atoms with van der Waals surface area (Å²) in [5.74, 6) is -0.239. The fourth-order valence-electron chi connectivity index (χ4n) is 1.73. The second-order valence-corrected chi connectivity index (χ2v) is 6.89. The predicted molar refractivity (Wildman–Crippen MR) is 84.2 cm³/mol. The lowest BCUT2D eigenvalue weighted by Gasteiger charge is -2.13. The van der Waals surface area contributed by atoms with Crippen molar-refractivity contribution in [2.24, 2.45) is 0 Å². The van der Waals surface area contributed by atoms with Crippen LogP contribution in [-0.4, -0.2) is 10.9 Å². The minimum Gasteiger partial charge on any atom is -0.269 e. The van der Waals surface area contributed by atoms with Crippen molar-refractivity contribution < 1.29 is 9.63 Å². The molecule has 1 amide bonds. The molecule has 0 spiro atoms. The third-order valence-corrected chi connectivity index (χ3v) is 4.47. The molecule has 1 heterocycles. The van der Waals surface area contributed by atoms with Gasteiger partial charge in [-0.15, -0.1) is 11.3 Å². The minimum absolute atomic E-state index is 0.0567. The van der Waals surface area contributed by atoms with E-state index in [1.54, 1.807) is 0 Å². The SMILES string of the molecule is Cc1nc(C(C)(C)C)sc1C(=O)NOCc1ccccc1. The Kier molecular flexibility index (Phi) is 4.75. The van der Waals surface area contributed by atoms with E-state index >= 15 is 0 Å². The third kappa shape index (κ3) is 4.12. The Morgan fingerprint density at radius 1 is 1.29 bits per heavy atom. The van der Waals surface area contributed by atoms with E-state index in [1.165, 1.54) is 11.3 Å². The number of hydrogen-bond donors (Lipinski definition) is 1. The zero-order valence-corrected chi connectivity index (χ0v) is 13.6. The van der Waals surface area contributed by atoms with Crippen molar-refractivity contribution in [3.05, 3.63) is 51.5 Å². The molecule has 0 atom stereocenters. The van der Waals surface area contributed by atoms with E-state index < -0.39 is 0 Å². The van der Waals surface area contributed by atoms with Crippen LogP contribution in [0, 0.1) is 6.92 Å². The number of carbonyl (C=O) groups is 1. The zero-order valence-electron chi connectivity index (χ0n) is 12.8. The summed E-state index contributed by atoms with van der Waals surface area (Å²) in [5, 5.41) is 0.952. The maximum Gasteiger partial charge on any atom is 0.286 e. The monoisotopic (exact) mass is 304 g/mol. The molecule has 2 rings (SSSR count). The molecule has 21 heavy (non-hydrogen) atoms. The first-order valence-corrected chi connectivity index (χ1v) is 7.63. The molecule has 1 aromatic heterocycles. The molecule has 1 N–H and O–H groups in total. The number of aromatic nitrogens is 1. The molecule has 0 aliphatic rings. The van der Waals surface area contributed by atoms with E-state index in [-0.39, 0.29) is 11.3 Å². The molecule has 0 aliphatic heterocycles.